The number of hydrogen-bond acceptors (Lipinski definition) is 5. The van der Waals surface area contributed by atoms with Crippen molar-refractivity contribution in [2.24, 2.45) is 5.41 Å². The Hall–Kier alpha value is -3.41. The van der Waals surface area contributed by atoms with Gasteiger partial charge >= 0.3 is 5.97 Å². The van der Waals surface area contributed by atoms with Crippen LogP contribution < -0.4 is 9.64 Å². The van der Waals surface area contributed by atoms with Crippen molar-refractivity contribution in [1.82, 2.24) is 4.98 Å². The van der Waals surface area contributed by atoms with Gasteiger partial charge in [0.15, 0.2) is 0 Å². The van der Waals surface area contributed by atoms with E-state index >= 15 is 0 Å². The molecule has 0 saturated carbocycles. The van der Waals surface area contributed by atoms with Gasteiger partial charge in [-0.15, -0.1) is 0 Å². The largest absolute Gasteiger partial charge is 0.493 e. The first kappa shape index (κ1) is 24.3. The number of pyridine rings is 1. The molecular formula is C30H33FN2O3. The average molecular weight is 489 g/mol. The van der Waals surface area contributed by atoms with Gasteiger partial charge in [-0.05, 0) is 60.6 Å². The second kappa shape index (κ2) is 9.92. The Kier molecular flexibility index (Phi) is 6.69. The number of esters is 1. The molecule has 5 nitrogen and oxygen atoms in total. The fraction of sp³-hybridized carbons (Fsp3) is 0.400. The van der Waals surface area contributed by atoms with Crippen LogP contribution in [0.5, 0.6) is 5.75 Å². The summed E-state index contributed by atoms with van der Waals surface area (Å²) in [5.41, 5.74) is 7.46. The lowest BCUT2D eigenvalue weighted by atomic mass is 9.82. The van der Waals surface area contributed by atoms with Crippen LogP contribution in [0.25, 0.3) is 11.1 Å². The summed E-state index contributed by atoms with van der Waals surface area (Å²) in [4.78, 5) is 19.6. The van der Waals surface area contributed by atoms with Crippen molar-refractivity contribution in [3.8, 4) is 16.9 Å². The lowest BCUT2D eigenvalue weighted by Gasteiger charge is -2.40. The van der Waals surface area contributed by atoms with Crippen molar-refractivity contribution in [3.05, 3.63) is 76.9 Å². The topological polar surface area (TPSA) is 51.7 Å². The molecule has 0 bridgehead atoms. The number of aromatic nitrogens is 1. The summed E-state index contributed by atoms with van der Waals surface area (Å²) in [6.45, 7) is 9.35. The molecule has 1 aromatic heterocycles. The maximum absolute atomic E-state index is 13.1. The van der Waals surface area contributed by atoms with Crippen LogP contribution in [0.1, 0.15) is 49.2 Å². The molecule has 0 aliphatic carbocycles. The van der Waals surface area contributed by atoms with Crippen molar-refractivity contribution >= 4 is 11.7 Å². The van der Waals surface area contributed by atoms with Crippen LogP contribution in [0.4, 0.5) is 10.1 Å². The number of rotatable bonds is 6. The number of benzene rings is 2. The number of carbonyl (C=O) groups is 1. The van der Waals surface area contributed by atoms with Gasteiger partial charge in [-0.25, -0.2) is 4.39 Å². The number of aryl methyl sites for hydroxylation is 1. The van der Waals surface area contributed by atoms with E-state index in [0.29, 0.717) is 18.4 Å². The number of halogens is 1. The first-order valence-electron chi connectivity index (χ1n) is 12.7. The van der Waals surface area contributed by atoms with E-state index in [2.05, 4.69) is 30.9 Å². The van der Waals surface area contributed by atoms with Crippen LogP contribution >= 0.6 is 0 Å². The number of nitrogens with zero attached hydrogens (tertiary/aromatic N) is 2. The molecule has 36 heavy (non-hydrogen) atoms. The minimum absolute atomic E-state index is 0.192. The molecule has 0 radical (unpaired) electrons. The Bertz CT molecular complexity index is 1240. The first-order valence-corrected chi connectivity index (χ1v) is 12.7. The predicted molar refractivity (Wildman–Crippen MR) is 139 cm³/mol. The standard InChI is InChI=1S/C30H33FN2O3/c1-20-28(22-6-10-24(11-7-22)35-17-12-21-4-8-23(31)9-5-21)29(33-15-13-30(2,3)14-16-33)25-18-27(34)36-19-26(25)32-20/h4-11H,12-19H2,1-3H3. The minimum Gasteiger partial charge on any atom is -0.493 e. The van der Waals surface area contributed by atoms with E-state index in [-0.39, 0.29) is 24.8 Å². The Balaban J connectivity index is 1.41. The summed E-state index contributed by atoms with van der Waals surface area (Å²) < 4.78 is 24.4. The Labute approximate surface area is 212 Å². The minimum atomic E-state index is -0.230. The lowest BCUT2D eigenvalue weighted by molar-refractivity contribution is -0.145. The molecule has 188 valence electrons. The van der Waals surface area contributed by atoms with Crippen molar-refractivity contribution in [1.29, 1.82) is 0 Å². The molecule has 0 unspecified atom stereocenters. The number of ether oxygens (including phenoxy) is 2. The quantitative estimate of drug-likeness (QED) is 0.396. The molecule has 0 amide bonds. The monoisotopic (exact) mass is 488 g/mol. The number of carbonyl (C=O) groups excluding carboxylic acids is 1. The molecule has 2 aromatic carbocycles. The molecule has 3 heterocycles. The van der Waals surface area contributed by atoms with Gasteiger partial charge in [-0.2, -0.15) is 0 Å². The predicted octanol–water partition coefficient (Wildman–Crippen LogP) is 6.04. The number of cyclic esters (lactones) is 1. The normalized spacial score (nSPS) is 16.9. The third kappa shape index (κ3) is 5.23. The smallest absolute Gasteiger partial charge is 0.310 e. The van der Waals surface area contributed by atoms with E-state index in [1.54, 1.807) is 12.1 Å². The molecule has 0 atom stereocenters. The van der Waals surface area contributed by atoms with Crippen molar-refractivity contribution in [2.45, 2.75) is 53.1 Å². The summed E-state index contributed by atoms with van der Waals surface area (Å²) in [5, 5.41) is 0. The van der Waals surface area contributed by atoms with E-state index in [9.17, 15) is 9.18 Å². The van der Waals surface area contributed by atoms with Gasteiger partial charge in [0.1, 0.15) is 18.2 Å². The van der Waals surface area contributed by atoms with E-state index in [0.717, 1.165) is 71.0 Å². The molecule has 5 rings (SSSR count). The van der Waals surface area contributed by atoms with Gasteiger partial charge in [0.25, 0.3) is 0 Å². The van der Waals surface area contributed by atoms with Gasteiger partial charge in [-0.3, -0.25) is 9.78 Å². The van der Waals surface area contributed by atoms with E-state index < -0.39 is 0 Å². The fourth-order valence-electron chi connectivity index (χ4n) is 5.12. The highest BCUT2D eigenvalue weighted by atomic mass is 19.1. The molecule has 1 saturated heterocycles. The Morgan fingerprint density at radius 1 is 1.06 bits per heavy atom. The lowest BCUT2D eigenvalue weighted by Crippen LogP contribution is -2.39. The molecule has 0 spiro atoms. The number of fused-ring (bicyclic) bond motifs is 1. The van der Waals surface area contributed by atoms with Crippen LogP contribution in [0.15, 0.2) is 48.5 Å². The summed E-state index contributed by atoms with van der Waals surface area (Å²) in [6.07, 6.45) is 3.18. The van der Waals surface area contributed by atoms with E-state index in [1.165, 1.54) is 12.1 Å². The Morgan fingerprint density at radius 3 is 2.44 bits per heavy atom. The van der Waals surface area contributed by atoms with Crippen molar-refractivity contribution in [3.63, 3.8) is 0 Å². The second-order valence-corrected chi connectivity index (χ2v) is 10.6. The van der Waals surface area contributed by atoms with Gasteiger partial charge in [0.2, 0.25) is 0 Å². The second-order valence-electron chi connectivity index (χ2n) is 10.6. The van der Waals surface area contributed by atoms with Crippen LogP contribution in [0.2, 0.25) is 0 Å². The average Bonchev–Trinajstić information content (AvgIpc) is 2.86. The van der Waals surface area contributed by atoms with Gasteiger partial charge < -0.3 is 14.4 Å². The van der Waals surface area contributed by atoms with Crippen molar-refractivity contribution in [2.75, 3.05) is 24.6 Å². The third-order valence-corrected chi connectivity index (χ3v) is 7.38. The maximum atomic E-state index is 13.1. The maximum Gasteiger partial charge on any atom is 0.310 e. The van der Waals surface area contributed by atoms with E-state index in [1.807, 2.05) is 19.1 Å². The van der Waals surface area contributed by atoms with Crippen LogP contribution in [0, 0.1) is 18.2 Å². The van der Waals surface area contributed by atoms with Gasteiger partial charge in [0.05, 0.1) is 24.4 Å². The summed E-state index contributed by atoms with van der Waals surface area (Å²) >= 11 is 0. The zero-order valence-corrected chi connectivity index (χ0v) is 21.3. The molecule has 0 N–H and O–H groups in total. The molecule has 2 aliphatic heterocycles. The number of hydrogen-bond donors (Lipinski definition) is 0. The highest BCUT2D eigenvalue weighted by Gasteiger charge is 2.32. The van der Waals surface area contributed by atoms with Crippen LogP contribution in [-0.4, -0.2) is 30.6 Å². The van der Waals surface area contributed by atoms with Crippen molar-refractivity contribution < 1.29 is 18.7 Å². The van der Waals surface area contributed by atoms with E-state index in [4.69, 9.17) is 14.5 Å². The molecular weight excluding hydrogens is 455 g/mol. The molecule has 6 heteroatoms. The fourth-order valence-corrected chi connectivity index (χ4v) is 5.12. The zero-order valence-electron chi connectivity index (χ0n) is 21.3. The SMILES string of the molecule is Cc1nc2c(c(N3CCC(C)(C)CC3)c1-c1ccc(OCCc3ccc(F)cc3)cc1)CC(=O)OC2. The number of anilines is 1. The highest BCUT2D eigenvalue weighted by molar-refractivity contribution is 5.87. The summed E-state index contributed by atoms with van der Waals surface area (Å²) in [6, 6.07) is 14.6. The highest BCUT2D eigenvalue weighted by Crippen LogP contribution is 2.42. The molecule has 3 aromatic rings. The van der Waals surface area contributed by atoms with Gasteiger partial charge in [-0.1, -0.05) is 38.1 Å². The zero-order chi connectivity index (χ0) is 25.3. The first-order chi connectivity index (χ1) is 17.3. The summed E-state index contributed by atoms with van der Waals surface area (Å²) in [5.74, 6) is 0.364. The molecule has 2 aliphatic rings. The van der Waals surface area contributed by atoms with Crippen LogP contribution in [-0.2, 0) is 29.0 Å². The summed E-state index contributed by atoms with van der Waals surface area (Å²) in [7, 11) is 0. The number of piperidine rings is 1. The third-order valence-electron chi connectivity index (χ3n) is 7.38. The Morgan fingerprint density at radius 2 is 1.75 bits per heavy atom. The van der Waals surface area contributed by atoms with Gasteiger partial charge in [0, 0.05) is 36.3 Å². The van der Waals surface area contributed by atoms with Crippen LogP contribution in [0.3, 0.4) is 0 Å². The molecule has 1 fully saturated rings.